The summed E-state index contributed by atoms with van der Waals surface area (Å²) in [6.07, 6.45) is 2.04. The number of fused-ring (bicyclic) bond motifs is 1. The minimum atomic E-state index is 0.0851. The van der Waals surface area contributed by atoms with Crippen LogP contribution in [0.25, 0.3) is 10.9 Å². The number of benzene rings is 1. The van der Waals surface area contributed by atoms with Gasteiger partial charge in [0, 0.05) is 23.8 Å². The molecule has 0 amide bonds. The smallest absolute Gasteiger partial charge is 0.0682 e. The first kappa shape index (κ1) is 11.2. The topological polar surface area (TPSA) is 25.2 Å². The molecule has 0 aliphatic heterocycles. The first-order valence-corrected chi connectivity index (χ1v) is 5.62. The number of aliphatic hydroxyl groups excluding tert-OH is 1. The van der Waals surface area contributed by atoms with E-state index in [0.717, 1.165) is 28.6 Å². The van der Waals surface area contributed by atoms with Gasteiger partial charge in [0.05, 0.1) is 6.61 Å². The van der Waals surface area contributed by atoms with Gasteiger partial charge in [0.15, 0.2) is 0 Å². The third-order valence-electron chi connectivity index (χ3n) is 2.62. The Hall–Kier alpha value is -1.25. The average molecular weight is 236 g/mol. The number of allylic oxidation sites excluding steroid dienone is 1. The quantitative estimate of drug-likeness (QED) is 0.868. The molecule has 16 heavy (non-hydrogen) atoms. The zero-order valence-electron chi connectivity index (χ0n) is 9.15. The van der Waals surface area contributed by atoms with E-state index in [0.29, 0.717) is 0 Å². The lowest BCUT2D eigenvalue weighted by molar-refractivity contribution is 0.282. The molecule has 1 aromatic heterocycles. The Morgan fingerprint density at radius 3 is 2.94 bits per heavy atom. The maximum absolute atomic E-state index is 9.05. The highest BCUT2D eigenvalue weighted by molar-refractivity contribution is 6.25. The van der Waals surface area contributed by atoms with Crippen LogP contribution < -0.4 is 0 Å². The van der Waals surface area contributed by atoms with E-state index in [1.54, 1.807) is 5.54 Å². The minimum absolute atomic E-state index is 0.0851. The van der Waals surface area contributed by atoms with Crippen LogP contribution in [0.5, 0.6) is 0 Å². The molecule has 2 aromatic rings. The van der Waals surface area contributed by atoms with Gasteiger partial charge in [-0.1, -0.05) is 17.7 Å². The van der Waals surface area contributed by atoms with Crippen molar-refractivity contribution in [2.75, 3.05) is 0 Å². The highest BCUT2D eigenvalue weighted by Crippen LogP contribution is 2.19. The Balaban J connectivity index is 2.41. The van der Waals surface area contributed by atoms with Crippen LogP contribution in [-0.4, -0.2) is 9.67 Å². The summed E-state index contributed by atoms with van der Waals surface area (Å²) >= 11 is 5.66. The summed E-state index contributed by atoms with van der Waals surface area (Å²) in [6.45, 7) is 2.88. The second kappa shape index (κ2) is 4.73. The Kier molecular flexibility index (Phi) is 3.32. The molecule has 0 atom stereocenters. The highest BCUT2D eigenvalue weighted by atomic mass is 35.5. The average Bonchev–Trinajstić information content (AvgIpc) is 2.71. The molecule has 0 saturated heterocycles. The Morgan fingerprint density at radius 2 is 2.25 bits per heavy atom. The standard InChI is InChI=1S/C13H14ClNO/c1-10(7-14)8-15-5-4-12-6-11(9-16)2-3-13(12)15/h2-7,16H,8-9H2,1H3/b10-7-. The number of nitrogens with zero attached hydrogens (tertiary/aromatic N) is 1. The number of hydrogen-bond acceptors (Lipinski definition) is 1. The molecule has 1 heterocycles. The van der Waals surface area contributed by atoms with Crippen LogP contribution >= 0.6 is 11.6 Å². The molecule has 3 heteroatoms. The molecule has 0 radical (unpaired) electrons. The molecule has 0 spiro atoms. The summed E-state index contributed by atoms with van der Waals surface area (Å²) in [5.74, 6) is 0. The normalized spacial score (nSPS) is 12.3. The van der Waals surface area contributed by atoms with Gasteiger partial charge in [0.25, 0.3) is 0 Å². The first-order valence-electron chi connectivity index (χ1n) is 5.19. The summed E-state index contributed by atoms with van der Waals surface area (Å²) in [5.41, 5.74) is 4.82. The Labute approximate surface area is 99.8 Å². The van der Waals surface area contributed by atoms with E-state index in [4.69, 9.17) is 16.7 Å². The van der Waals surface area contributed by atoms with Gasteiger partial charge in [-0.05, 0) is 41.6 Å². The summed E-state index contributed by atoms with van der Waals surface area (Å²) in [5, 5.41) is 10.2. The van der Waals surface area contributed by atoms with Crippen LogP contribution in [0, 0.1) is 0 Å². The predicted octanol–water partition coefficient (Wildman–Crippen LogP) is 3.28. The van der Waals surface area contributed by atoms with Gasteiger partial charge >= 0.3 is 0 Å². The summed E-state index contributed by atoms with van der Waals surface area (Å²) < 4.78 is 2.14. The molecular formula is C13H14ClNO. The van der Waals surface area contributed by atoms with E-state index in [-0.39, 0.29) is 6.61 Å². The molecule has 0 saturated carbocycles. The lowest BCUT2D eigenvalue weighted by atomic mass is 10.2. The van der Waals surface area contributed by atoms with Gasteiger partial charge in [-0.3, -0.25) is 0 Å². The van der Waals surface area contributed by atoms with Gasteiger partial charge in [-0.15, -0.1) is 0 Å². The van der Waals surface area contributed by atoms with Crippen molar-refractivity contribution in [2.45, 2.75) is 20.1 Å². The van der Waals surface area contributed by atoms with Gasteiger partial charge in [0.1, 0.15) is 0 Å². The monoisotopic (exact) mass is 235 g/mol. The molecule has 1 aromatic carbocycles. The lowest BCUT2D eigenvalue weighted by Gasteiger charge is -2.05. The number of aliphatic hydroxyl groups is 1. The maximum Gasteiger partial charge on any atom is 0.0682 e. The molecule has 0 aliphatic rings. The SMILES string of the molecule is C/C(=C/Cl)Cn1ccc2cc(CO)ccc21. The number of hydrogen-bond donors (Lipinski definition) is 1. The zero-order valence-corrected chi connectivity index (χ0v) is 9.91. The fraction of sp³-hybridized carbons (Fsp3) is 0.231. The Morgan fingerprint density at radius 1 is 1.44 bits per heavy atom. The van der Waals surface area contributed by atoms with Crippen LogP contribution in [-0.2, 0) is 13.2 Å². The van der Waals surface area contributed by atoms with Crippen molar-refractivity contribution in [3.8, 4) is 0 Å². The van der Waals surface area contributed by atoms with Crippen molar-refractivity contribution in [2.24, 2.45) is 0 Å². The molecule has 1 N–H and O–H groups in total. The molecule has 84 valence electrons. The fourth-order valence-corrected chi connectivity index (χ4v) is 1.86. The van der Waals surface area contributed by atoms with E-state index >= 15 is 0 Å². The summed E-state index contributed by atoms with van der Waals surface area (Å²) in [6, 6.07) is 8.03. The third-order valence-corrected chi connectivity index (χ3v) is 3.00. The van der Waals surface area contributed by atoms with Crippen LogP contribution in [0.3, 0.4) is 0 Å². The highest BCUT2D eigenvalue weighted by Gasteiger charge is 2.02. The van der Waals surface area contributed by atoms with Gasteiger partial charge < -0.3 is 9.67 Å². The largest absolute Gasteiger partial charge is 0.392 e. The van der Waals surface area contributed by atoms with Crippen molar-refractivity contribution in [1.29, 1.82) is 0 Å². The van der Waals surface area contributed by atoms with Gasteiger partial charge in [0.2, 0.25) is 0 Å². The second-order valence-electron chi connectivity index (χ2n) is 3.95. The van der Waals surface area contributed by atoms with Crippen LogP contribution in [0.2, 0.25) is 0 Å². The van der Waals surface area contributed by atoms with Crippen LogP contribution in [0.1, 0.15) is 12.5 Å². The minimum Gasteiger partial charge on any atom is -0.392 e. The van der Waals surface area contributed by atoms with Crippen LogP contribution in [0.4, 0.5) is 0 Å². The van der Waals surface area contributed by atoms with Crippen molar-refractivity contribution in [3.05, 3.63) is 47.1 Å². The van der Waals surface area contributed by atoms with Crippen molar-refractivity contribution in [1.82, 2.24) is 4.57 Å². The van der Waals surface area contributed by atoms with Gasteiger partial charge in [-0.25, -0.2) is 0 Å². The van der Waals surface area contributed by atoms with Crippen molar-refractivity contribution in [3.63, 3.8) is 0 Å². The zero-order chi connectivity index (χ0) is 11.5. The second-order valence-corrected chi connectivity index (χ2v) is 4.17. The van der Waals surface area contributed by atoms with Gasteiger partial charge in [-0.2, -0.15) is 0 Å². The van der Waals surface area contributed by atoms with E-state index < -0.39 is 0 Å². The molecule has 0 fully saturated rings. The number of rotatable bonds is 3. The maximum atomic E-state index is 9.05. The Bertz CT molecular complexity index is 528. The molecule has 2 rings (SSSR count). The van der Waals surface area contributed by atoms with Crippen molar-refractivity contribution >= 4 is 22.5 Å². The lowest BCUT2D eigenvalue weighted by Crippen LogP contribution is -1.96. The van der Waals surface area contributed by atoms with E-state index in [2.05, 4.69) is 10.6 Å². The van der Waals surface area contributed by atoms with E-state index in [1.165, 1.54) is 0 Å². The van der Waals surface area contributed by atoms with Crippen LogP contribution in [0.15, 0.2) is 41.6 Å². The fourth-order valence-electron chi connectivity index (χ4n) is 1.79. The molecule has 0 aliphatic carbocycles. The summed E-state index contributed by atoms with van der Waals surface area (Å²) in [4.78, 5) is 0. The first-order chi connectivity index (χ1) is 7.74. The molecule has 0 bridgehead atoms. The summed E-state index contributed by atoms with van der Waals surface area (Å²) in [7, 11) is 0. The predicted molar refractivity (Wildman–Crippen MR) is 67.5 cm³/mol. The third kappa shape index (κ3) is 2.13. The molecule has 2 nitrogen and oxygen atoms in total. The van der Waals surface area contributed by atoms with Crippen molar-refractivity contribution < 1.29 is 5.11 Å². The number of halogens is 1. The molecule has 0 unspecified atom stereocenters. The van der Waals surface area contributed by atoms with E-state index in [9.17, 15) is 0 Å². The number of aromatic nitrogens is 1. The van der Waals surface area contributed by atoms with E-state index in [1.807, 2.05) is 31.3 Å². The molecular weight excluding hydrogens is 222 g/mol.